The summed E-state index contributed by atoms with van der Waals surface area (Å²) in [6.45, 7) is 3.37. The van der Waals surface area contributed by atoms with E-state index in [2.05, 4.69) is 27.0 Å². The van der Waals surface area contributed by atoms with Crippen molar-refractivity contribution in [2.45, 2.75) is 0 Å². The Morgan fingerprint density at radius 2 is 2.15 bits per heavy atom. The topological polar surface area (TPSA) is 122 Å². The number of carbonyl (C=O) groups is 2. The molecule has 10 heteroatoms. The molecule has 0 fully saturated rings. The van der Waals surface area contributed by atoms with Gasteiger partial charge in [0, 0.05) is 11.8 Å². The van der Waals surface area contributed by atoms with Gasteiger partial charge in [-0.3, -0.25) is 4.79 Å². The van der Waals surface area contributed by atoms with Crippen molar-refractivity contribution in [3.63, 3.8) is 0 Å². The van der Waals surface area contributed by atoms with Crippen molar-refractivity contribution in [1.29, 1.82) is 0 Å². The number of amides is 1. The zero-order valence-corrected chi connectivity index (χ0v) is 14.1. The molecular formula is C16H12LiN5O4. The minimum Gasteiger partial charge on any atom is -0.545 e. The molecule has 0 atom stereocenters. The summed E-state index contributed by atoms with van der Waals surface area (Å²) in [5, 5.41) is 18.1. The molecule has 3 aromatic rings. The molecule has 3 rings (SSSR count). The predicted octanol–water partition coefficient (Wildman–Crippen LogP) is -2.71. The van der Waals surface area contributed by atoms with Crippen LogP contribution in [0.1, 0.15) is 10.4 Å². The fourth-order valence-electron chi connectivity index (χ4n) is 2.17. The van der Waals surface area contributed by atoms with Gasteiger partial charge in [0.25, 0.3) is 0 Å². The first kappa shape index (κ1) is 19.2. The molecule has 0 aliphatic heterocycles. The molecular weight excluding hydrogens is 333 g/mol. The second-order valence-electron chi connectivity index (χ2n) is 4.91. The molecule has 0 unspecified atom stereocenters. The van der Waals surface area contributed by atoms with Crippen LogP contribution < -0.4 is 34.0 Å². The molecule has 26 heavy (non-hydrogen) atoms. The largest absolute Gasteiger partial charge is 1.00 e. The van der Waals surface area contributed by atoms with Gasteiger partial charge in [-0.2, -0.15) is 5.10 Å². The molecule has 0 radical (unpaired) electrons. The summed E-state index contributed by atoms with van der Waals surface area (Å²) >= 11 is 0. The number of aromatic carboxylic acids is 1. The van der Waals surface area contributed by atoms with Crippen molar-refractivity contribution in [2.24, 2.45) is 0 Å². The van der Waals surface area contributed by atoms with Gasteiger partial charge in [-0.1, -0.05) is 6.58 Å². The van der Waals surface area contributed by atoms with Crippen molar-refractivity contribution >= 4 is 23.3 Å². The molecule has 0 saturated carbocycles. The van der Waals surface area contributed by atoms with Crippen LogP contribution in [0.3, 0.4) is 0 Å². The Labute approximate surface area is 159 Å². The quantitative estimate of drug-likeness (QED) is 0.394. The fraction of sp³-hybridized carbons (Fsp3) is 0.0625. The maximum Gasteiger partial charge on any atom is 1.00 e. The average molecular weight is 345 g/mol. The second kappa shape index (κ2) is 7.82. The maximum atomic E-state index is 11.3. The first-order valence-corrected chi connectivity index (χ1v) is 7.07. The number of fused-ring (bicyclic) bond motifs is 1. The number of aromatic nitrogens is 4. The number of hydrogen-bond acceptors (Lipinski definition) is 7. The number of methoxy groups -OCH3 is 1. The smallest absolute Gasteiger partial charge is 0.545 e. The molecule has 0 aromatic carbocycles. The van der Waals surface area contributed by atoms with E-state index in [1.165, 1.54) is 30.1 Å². The molecule has 3 heterocycles. The normalized spacial score (nSPS) is 10.0. The summed E-state index contributed by atoms with van der Waals surface area (Å²) in [5.41, 5.74) is 1.26. The van der Waals surface area contributed by atoms with E-state index in [0.717, 1.165) is 6.08 Å². The Morgan fingerprint density at radius 3 is 2.81 bits per heavy atom. The summed E-state index contributed by atoms with van der Waals surface area (Å²) in [6.07, 6.45) is 4.10. The van der Waals surface area contributed by atoms with Crippen molar-refractivity contribution in [2.75, 3.05) is 12.4 Å². The number of nitrogens with zero attached hydrogens (tertiary/aromatic N) is 4. The Kier molecular flexibility index (Phi) is 5.77. The molecule has 0 bridgehead atoms. The Bertz CT molecular complexity index is 1000. The van der Waals surface area contributed by atoms with E-state index in [4.69, 9.17) is 4.74 Å². The van der Waals surface area contributed by atoms with Crippen LogP contribution in [-0.4, -0.2) is 38.6 Å². The predicted molar refractivity (Wildman–Crippen MR) is 85.9 cm³/mol. The van der Waals surface area contributed by atoms with E-state index >= 15 is 0 Å². The van der Waals surface area contributed by atoms with E-state index in [1.54, 1.807) is 12.1 Å². The maximum absolute atomic E-state index is 11.3. The molecule has 0 saturated heterocycles. The number of ether oxygens (including phenoxy) is 1. The number of carboxylic acid groups (broad SMARTS) is 1. The van der Waals surface area contributed by atoms with E-state index < -0.39 is 5.97 Å². The number of nitrogens with one attached hydrogen (secondary N) is 1. The van der Waals surface area contributed by atoms with Gasteiger partial charge in [0.05, 0.1) is 30.5 Å². The van der Waals surface area contributed by atoms with Crippen LogP contribution >= 0.6 is 0 Å². The molecule has 0 spiro atoms. The third kappa shape index (κ3) is 3.74. The van der Waals surface area contributed by atoms with Crippen LogP contribution in [0.15, 0.2) is 43.2 Å². The molecule has 0 aliphatic carbocycles. The molecule has 3 aromatic heterocycles. The number of rotatable bonds is 5. The minimum absolute atomic E-state index is 0. The zero-order valence-electron chi connectivity index (χ0n) is 14.1. The van der Waals surface area contributed by atoms with Crippen LogP contribution in [0, 0.1) is 0 Å². The summed E-state index contributed by atoms with van der Waals surface area (Å²) in [6, 6.07) is 4.70. The number of anilines is 1. The minimum atomic E-state index is -1.40. The van der Waals surface area contributed by atoms with Crippen LogP contribution in [-0.2, 0) is 4.79 Å². The average Bonchev–Trinajstić information content (AvgIpc) is 3.02. The van der Waals surface area contributed by atoms with Gasteiger partial charge < -0.3 is 20.0 Å². The Hall–Kier alpha value is -3.15. The fourth-order valence-corrected chi connectivity index (χ4v) is 2.17. The van der Waals surface area contributed by atoms with Gasteiger partial charge in [-0.15, -0.1) is 0 Å². The van der Waals surface area contributed by atoms with E-state index in [9.17, 15) is 14.7 Å². The van der Waals surface area contributed by atoms with Gasteiger partial charge in [-0.05, 0) is 24.3 Å². The van der Waals surface area contributed by atoms with Gasteiger partial charge >= 0.3 is 18.9 Å². The van der Waals surface area contributed by atoms with Crippen LogP contribution in [0.25, 0.3) is 16.9 Å². The number of hydrogen-bond donors (Lipinski definition) is 1. The zero-order chi connectivity index (χ0) is 18.0. The van der Waals surface area contributed by atoms with Crippen LogP contribution in [0.5, 0.6) is 5.88 Å². The molecule has 1 amide bonds. The van der Waals surface area contributed by atoms with Gasteiger partial charge in [-0.25, -0.2) is 14.5 Å². The third-order valence-electron chi connectivity index (χ3n) is 3.32. The monoisotopic (exact) mass is 345 g/mol. The van der Waals surface area contributed by atoms with Gasteiger partial charge in [0.2, 0.25) is 11.8 Å². The second-order valence-corrected chi connectivity index (χ2v) is 4.91. The standard InChI is InChI=1S/C16H13N5O4.Li/c1-3-14(22)19-12-8-21-13(18-12)5-4-11(20-21)9-6-10(16(23)24)15(25-2)17-7-9;/h3-8H,1H2,2H3,(H,19,22)(H,23,24);/q;+1/p-1. The number of imidazole rings is 1. The third-order valence-corrected chi connectivity index (χ3v) is 3.32. The molecule has 126 valence electrons. The van der Waals surface area contributed by atoms with Crippen molar-refractivity contribution in [3.05, 3.63) is 48.8 Å². The number of carbonyl (C=O) groups excluding carboxylic acids is 2. The van der Waals surface area contributed by atoms with E-state index in [1.807, 2.05) is 0 Å². The van der Waals surface area contributed by atoms with Gasteiger partial charge in [0.15, 0.2) is 11.5 Å². The molecule has 9 nitrogen and oxygen atoms in total. The SMILES string of the molecule is C=CC(=O)Nc1cn2nc(-c3cnc(OC)c(C(=O)[O-])c3)ccc2n1.[Li+]. The molecule has 0 aliphatic rings. The Morgan fingerprint density at radius 1 is 1.38 bits per heavy atom. The van der Waals surface area contributed by atoms with Crippen LogP contribution in [0.2, 0.25) is 0 Å². The van der Waals surface area contributed by atoms with Crippen molar-refractivity contribution in [3.8, 4) is 17.1 Å². The number of carboxylic acids is 1. The Balaban J connectivity index is 0.00000243. The summed E-state index contributed by atoms with van der Waals surface area (Å²) in [5.74, 6) is -1.51. The summed E-state index contributed by atoms with van der Waals surface area (Å²) in [7, 11) is 1.32. The first-order chi connectivity index (χ1) is 12.0. The van der Waals surface area contributed by atoms with E-state index in [-0.39, 0.29) is 36.2 Å². The molecule has 1 N–H and O–H groups in total. The first-order valence-electron chi connectivity index (χ1n) is 7.07. The van der Waals surface area contributed by atoms with E-state index in [0.29, 0.717) is 22.7 Å². The van der Waals surface area contributed by atoms with Crippen molar-refractivity contribution in [1.82, 2.24) is 19.6 Å². The summed E-state index contributed by atoms with van der Waals surface area (Å²) in [4.78, 5) is 30.7. The van der Waals surface area contributed by atoms with Crippen LogP contribution in [0.4, 0.5) is 5.82 Å². The van der Waals surface area contributed by atoms with Crippen molar-refractivity contribution < 1.29 is 38.3 Å². The van der Waals surface area contributed by atoms with Gasteiger partial charge in [0.1, 0.15) is 0 Å². The number of pyridine rings is 1. The summed E-state index contributed by atoms with van der Waals surface area (Å²) < 4.78 is 6.36.